The summed E-state index contributed by atoms with van der Waals surface area (Å²) in [6.07, 6.45) is 0.304. The van der Waals surface area contributed by atoms with Gasteiger partial charge >= 0.3 is 0 Å². The average molecular weight is 381 g/mol. The summed E-state index contributed by atoms with van der Waals surface area (Å²) < 4.78 is 1.01. The molecule has 0 aliphatic carbocycles. The number of nitrogens with one attached hydrogen (secondary N) is 1. The Hall–Kier alpha value is -2.46. The smallest absolute Gasteiger partial charge is 0.244 e. The summed E-state index contributed by atoms with van der Waals surface area (Å²) in [5.41, 5.74) is 5.40. The van der Waals surface area contributed by atoms with Gasteiger partial charge in [0.25, 0.3) is 0 Å². The molecule has 1 amide bonds. The molecule has 0 heterocycles. The van der Waals surface area contributed by atoms with E-state index in [9.17, 15) is 4.79 Å². The number of nitrogens with zero attached hydrogens (tertiary/aromatic N) is 1. The van der Waals surface area contributed by atoms with Crippen molar-refractivity contribution in [3.05, 3.63) is 82.3 Å². The molecule has 3 aromatic rings. The highest BCUT2D eigenvalue weighted by Gasteiger charge is 2.06. The highest BCUT2D eigenvalue weighted by Crippen LogP contribution is 2.18. The number of carbonyl (C=O) groups is 1. The Labute approximate surface area is 149 Å². The molecule has 0 spiro atoms. The zero-order chi connectivity index (χ0) is 16.9. The Morgan fingerprint density at radius 1 is 1.00 bits per heavy atom. The molecule has 0 fully saturated rings. The van der Waals surface area contributed by atoms with Crippen molar-refractivity contribution in [3.8, 4) is 0 Å². The summed E-state index contributed by atoms with van der Waals surface area (Å²) in [5.74, 6) is -0.122. The number of amides is 1. The van der Waals surface area contributed by atoms with Gasteiger partial charge in [0.2, 0.25) is 5.91 Å². The summed E-state index contributed by atoms with van der Waals surface area (Å²) in [4.78, 5) is 12.2. The van der Waals surface area contributed by atoms with Crippen LogP contribution in [-0.2, 0) is 11.2 Å². The number of rotatable bonds is 4. The Bertz CT molecular complexity index is 896. The molecular weight excluding hydrogens is 364 g/mol. The maximum atomic E-state index is 12.2. The maximum absolute atomic E-state index is 12.2. The van der Waals surface area contributed by atoms with Crippen molar-refractivity contribution < 1.29 is 4.79 Å². The molecule has 3 rings (SSSR count). The van der Waals surface area contributed by atoms with Gasteiger partial charge in [-0.15, -0.1) is 0 Å². The third-order valence-corrected chi connectivity index (χ3v) is 4.37. The Kier molecular flexibility index (Phi) is 5.06. The minimum atomic E-state index is -0.122. The molecule has 4 heteroatoms. The molecule has 120 valence electrons. The van der Waals surface area contributed by atoms with Gasteiger partial charge in [0.05, 0.1) is 12.1 Å². The van der Waals surface area contributed by atoms with E-state index in [-0.39, 0.29) is 5.91 Å². The van der Waals surface area contributed by atoms with Gasteiger partial charge < -0.3 is 0 Å². The lowest BCUT2D eigenvalue weighted by molar-refractivity contribution is -0.120. The van der Waals surface area contributed by atoms with Gasteiger partial charge in [0.1, 0.15) is 0 Å². The number of fused-ring (bicyclic) bond motifs is 1. The fraction of sp³-hybridized carbons (Fsp3) is 0.100. The van der Waals surface area contributed by atoms with E-state index in [4.69, 9.17) is 0 Å². The van der Waals surface area contributed by atoms with Gasteiger partial charge in [-0.2, -0.15) is 5.10 Å². The second-order valence-corrected chi connectivity index (χ2v) is 6.47. The fourth-order valence-electron chi connectivity index (χ4n) is 2.56. The first-order chi connectivity index (χ1) is 11.6. The Balaban J connectivity index is 1.71. The van der Waals surface area contributed by atoms with Crippen LogP contribution in [0.3, 0.4) is 0 Å². The molecule has 0 saturated heterocycles. The van der Waals surface area contributed by atoms with E-state index in [1.54, 1.807) is 0 Å². The summed E-state index contributed by atoms with van der Waals surface area (Å²) >= 11 is 3.40. The van der Waals surface area contributed by atoms with E-state index >= 15 is 0 Å². The molecule has 24 heavy (non-hydrogen) atoms. The number of hydrogen-bond donors (Lipinski definition) is 1. The van der Waals surface area contributed by atoms with Crippen LogP contribution in [0.2, 0.25) is 0 Å². The summed E-state index contributed by atoms with van der Waals surface area (Å²) in [6, 6.07) is 21.9. The largest absolute Gasteiger partial charge is 0.273 e. The van der Waals surface area contributed by atoms with Crippen molar-refractivity contribution >= 4 is 38.3 Å². The zero-order valence-electron chi connectivity index (χ0n) is 13.3. The molecule has 0 aliphatic heterocycles. The van der Waals surface area contributed by atoms with E-state index in [0.717, 1.165) is 32.1 Å². The van der Waals surface area contributed by atoms with Gasteiger partial charge in [-0.25, -0.2) is 5.43 Å². The Morgan fingerprint density at radius 3 is 2.50 bits per heavy atom. The minimum absolute atomic E-state index is 0.122. The number of carbonyl (C=O) groups excluding carboxylic acids is 1. The highest BCUT2D eigenvalue weighted by atomic mass is 79.9. The third kappa shape index (κ3) is 3.89. The van der Waals surface area contributed by atoms with E-state index in [1.165, 1.54) is 0 Å². The van der Waals surface area contributed by atoms with Crippen LogP contribution < -0.4 is 5.43 Å². The van der Waals surface area contributed by atoms with Gasteiger partial charge in [-0.3, -0.25) is 4.79 Å². The predicted molar refractivity (Wildman–Crippen MR) is 102 cm³/mol. The van der Waals surface area contributed by atoms with Crippen molar-refractivity contribution in [1.29, 1.82) is 0 Å². The van der Waals surface area contributed by atoms with Gasteiger partial charge in [-0.1, -0.05) is 70.5 Å². The highest BCUT2D eigenvalue weighted by molar-refractivity contribution is 9.10. The van der Waals surface area contributed by atoms with Crippen LogP contribution >= 0.6 is 15.9 Å². The molecule has 0 atom stereocenters. The number of benzene rings is 3. The van der Waals surface area contributed by atoms with Crippen LogP contribution in [0.4, 0.5) is 0 Å². The third-order valence-electron chi connectivity index (χ3n) is 3.84. The molecule has 0 bridgehead atoms. The van der Waals surface area contributed by atoms with Gasteiger partial charge in [0.15, 0.2) is 0 Å². The van der Waals surface area contributed by atoms with Crippen LogP contribution in [0, 0.1) is 0 Å². The first-order valence-corrected chi connectivity index (χ1v) is 8.48. The van der Waals surface area contributed by atoms with Crippen molar-refractivity contribution in [2.24, 2.45) is 5.10 Å². The zero-order valence-corrected chi connectivity index (χ0v) is 14.9. The fourth-order valence-corrected chi connectivity index (χ4v) is 2.83. The molecule has 0 unspecified atom stereocenters. The standard InChI is InChI=1S/C20H17BrN2O/c1-14(15-9-11-18(21)12-10-15)22-23-20(24)13-17-7-4-6-16-5-2-3-8-19(16)17/h2-12H,13H2,1H3,(H,23,24)/b22-14+. The van der Waals surface area contributed by atoms with E-state index in [1.807, 2.05) is 73.7 Å². The molecule has 0 saturated carbocycles. The quantitative estimate of drug-likeness (QED) is 0.517. The van der Waals surface area contributed by atoms with Crippen molar-refractivity contribution in [1.82, 2.24) is 5.43 Å². The number of halogens is 1. The van der Waals surface area contributed by atoms with E-state index in [0.29, 0.717) is 6.42 Å². The molecule has 0 aliphatic rings. The van der Waals surface area contributed by atoms with Gasteiger partial charge in [-0.05, 0) is 41.0 Å². The predicted octanol–water partition coefficient (Wildman–Crippen LogP) is 4.69. The molecule has 3 aromatic carbocycles. The lowest BCUT2D eigenvalue weighted by Crippen LogP contribution is -2.21. The molecule has 0 radical (unpaired) electrons. The lowest BCUT2D eigenvalue weighted by Gasteiger charge is -2.06. The SMILES string of the molecule is C/C(=N\NC(=O)Cc1cccc2ccccc12)c1ccc(Br)cc1. The summed E-state index contributed by atoms with van der Waals surface area (Å²) in [5, 5.41) is 6.44. The van der Waals surface area contributed by atoms with Crippen molar-refractivity contribution in [2.45, 2.75) is 13.3 Å². The molecule has 3 nitrogen and oxygen atoms in total. The molecule has 0 aromatic heterocycles. The second-order valence-electron chi connectivity index (χ2n) is 5.55. The average Bonchev–Trinajstić information content (AvgIpc) is 2.61. The normalized spacial score (nSPS) is 11.5. The van der Waals surface area contributed by atoms with Crippen molar-refractivity contribution in [3.63, 3.8) is 0 Å². The van der Waals surface area contributed by atoms with Crippen molar-refractivity contribution in [2.75, 3.05) is 0 Å². The van der Waals surface area contributed by atoms with Gasteiger partial charge in [0, 0.05) is 4.47 Å². The summed E-state index contributed by atoms with van der Waals surface area (Å²) in [7, 11) is 0. The summed E-state index contributed by atoms with van der Waals surface area (Å²) in [6.45, 7) is 1.88. The van der Waals surface area contributed by atoms with Crippen LogP contribution in [0.1, 0.15) is 18.1 Å². The molecular formula is C20H17BrN2O. The van der Waals surface area contributed by atoms with Crippen LogP contribution in [-0.4, -0.2) is 11.6 Å². The molecule has 1 N–H and O–H groups in total. The second kappa shape index (κ2) is 7.41. The lowest BCUT2D eigenvalue weighted by atomic mass is 10.0. The first-order valence-electron chi connectivity index (χ1n) is 7.69. The van der Waals surface area contributed by atoms with E-state index in [2.05, 4.69) is 26.5 Å². The monoisotopic (exact) mass is 380 g/mol. The van der Waals surface area contributed by atoms with Crippen LogP contribution in [0.25, 0.3) is 10.8 Å². The minimum Gasteiger partial charge on any atom is -0.273 e. The van der Waals surface area contributed by atoms with Crippen LogP contribution in [0.5, 0.6) is 0 Å². The maximum Gasteiger partial charge on any atom is 0.244 e. The Morgan fingerprint density at radius 2 is 1.71 bits per heavy atom. The topological polar surface area (TPSA) is 41.5 Å². The van der Waals surface area contributed by atoms with Crippen LogP contribution in [0.15, 0.2) is 76.3 Å². The first kappa shape index (κ1) is 16.4. The number of hydrogen-bond acceptors (Lipinski definition) is 2. The van der Waals surface area contributed by atoms with E-state index < -0.39 is 0 Å². The number of hydrazone groups is 1.